The van der Waals surface area contributed by atoms with E-state index in [4.69, 9.17) is 4.74 Å². The molecule has 0 atom stereocenters. The fraction of sp³-hybridized carbons (Fsp3) is 0.857. The average Bonchev–Trinajstić information content (AvgIpc) is 2.23. The van der Waals surface area contributed by atoms with Crippen LogP contribution in [0.2, 0.25) is 0 Å². The molecule has 1 aliphatic heterocycles. The third-order valence-electron chi connectivity index (χ3n) is 1.87. The molecule has 150 valence electrons. The van der Waals surface area contributed by atoms with Gasteiger partial charge in [-0.05, 0) is 25.9 Å². The van der Waals surface area contributed by atoms with E-state index < -0.39 is 21.8 Å². The van der Waals surface area contributed by atoms with Gasteiger partial charge in [0.05, 0.1) is 6.10 Å². The zero-order valence-electron chi connectivity index (χ0n) is 13.2. The largest absolute Gasteiger partial charge is 1.00 e. The van der Waals surface area contributed by atoms with Gasteiger partial charge in [0, 0.05) is 7.11 Å². The molecule has 0 aromatic carbocycles. The number of methoxy groups -OCH3 is 1. The molecule has 0 amide bonds. The number of likely N-dealkylation sites (tertiary alicyclic amines) is 1. The van der Waals surface area contributed by atoms with Crippen LogP contribution in [0.4, 0.5) is 51.8 Å². The fourth-order valence-electron chi connectivity index (χ4n) is 1.14. The topological polar surface area (TPSA) is 12.5 Å². The van der Waals surface area contributed by atoms with Crippen LogP contribution in [0.15, 0.2) is 0 Å². The molecule has 1 saturated heterocycles. The maximum absolute atomic E-state index is 9.75. The first-order chi connectivity index (χ1) is 10.3. The standard InChI is InChI=1S/C7H14NO.3BF4.K/c1-8-5-3-7(9-2)4-6-8;3*2-1(3,4)5;/h7H,1,3-6H2,2H3;;;;/q4*-1;+1. The Morgan fingerprint density at radius 2 is 0.920 bits per heavy atom. The molecule has 1 fully saturated rings. The summed E-state index contributed by atoms with van der Waals surface area (Å²) >= 11 is 0. The minimum Gasteiger partial charge on any atom is -0.459 e. The maximum Gasteiger partial charge on any atom is 1.00 e. The number of piperidine rings is 1. The van der Waals surface area contributed by atoms with Gasteiger partial charge in [-0.3, -0.25) is 7.05 Å². The van der Waals surface area contributed by atoms with Crippen molar-refractivity contribution in [2.24, 2.45) is 0 Å². The molecule has 18 heteroatoms. The summed E-state index contributed by atoms with van der Waals surface area (Å²) in [4.78, 5) is 2.09. The molecule has 0 radical (unpaired) electrons. The van der Waals surface area contributed by atoms with Crippen molar-refractivity contribution in [2.45, 2.75) is 18.9 Å². The van der Waals surface area contributed by atoms with Crippen molar-refractivity contribution in [3.8, 4) is 0 Å². The molecule has 0 aromatic heterocycles. The van der Waals surface area contributed by atoms with Crippen molar-refractivity contribution >= 4 is 21.8 Å². The molecular weight excluding hydrogens is 414 g/mol. The van der Waals surface area contributed by atoms with E-state index >= 15 is 0 Å². The molecule has 1 heterocycles. The Morgan fingerprint density at radius 3 is 1.08 bits per heavy atom. The van der Waals surface area contributed by atoms with Crippen molar-refractivity contribution in [2.75, 3.05) is 20.2 Å². The number of halogens is 12. The van der Waals surface area contributed by atoms with Gasteiger partial charge >= 0.3 is 73.1 Å². The molecule has 0 N–H and O–H groups in total. The summed E-state index contributed by atoms with van der Waals surface area (Å²) in [5, 5.41) is 0. The van der Waals surface area contributed by atoms with Gasteiger partial charge in [0.15, 0.2) is 0 Å². The van der Waals surface area contributed by atoms with Gasteiger partial charge in [0.25, 0.3) is 0 Å². The minimum absolute atomic E-state index is 0. The normalized spacial score (nSPS) is 16.1. The third-order valence-corrected chi connectivity index (χ3v) is 1.87. The van der Waals surface area contributed by atoms with Gasteiger partial charge in [0.2, 0.25) is 0 Å². The smallest absolute Gasteiger partial charge is 0.459 e. The molecule has 0 unspecified atom stereocenters. The number of ether oxygens (including phenoxy) is 1. The van der Waals surface area contributed by atoms with Crippen LogP contribution in [0.3, 0.4) is 0 Å². The van der Waals surface area contributed by atoms with E-state index in [1.54, 1.807) is 7.11 Å². The second kappa shape index (κ2) is 15.9. The number of rotatable bonds is 1. The SMILES string of the molecule is F[B-](F)(F)F.F[B-](F)(F)F.F[B-](F)(F)F.[CH2-]N1CCC(OC)CC1.[K+]. The van der Waals surface area contributed by atoms with E-state index in [9.17, 15) is 51.8 Å². The molecular formula is C7H14B3F12KNO-3. The summed E-state index contributed by atoms with van der Waals surface area (Å²) in [5.41, 5.74) is 0. The minimum atomic E-state index is -6.00. The van der Waals surface area contributed by atoms with E-state index in [2.05, 4.69) is 11.9 Å². The average molecular weight is 428 g/mol. The first-order valence-electron chi connectivity index (χ1n) is 6.03. The molecule has 1 aliphatic rings. The van der Waals surface area contributed by atoms with Crippen LogP contribution < -0.4 is 51.4 Å². The van der Waals surface area contributed by atoms with Crippen molar-refractivity contribution in [1.29, 1.82) is 0 Å². The van der Waals surface area contributed by atoms with Crippen molar-refractivity contribution in [3.05, 3.63) is 7.05 Å². The second-order valence-electron chi connectivity index (χ2n) is 4.04. The Balaban J connectivity index is -0.000000122. The van der Waals surface area contributed by atoms with E-state index in [1.807, 2.05) is 0 Å². The van der Waals surface area contributed by atoms with E-state index in [-0.39, 0.29) is 51.4 Å². The van der Waals surface area contributed by atoms with Gasteiger partial charge in [-0.25, -0.2) is 0 Å². The van der Waals surface area contributed by atoms with Crippen LogP contribution in [-0.2, 0) is 4.74 Å². The first kappa shape index (κ1) is 33.5. The van der Waals surface area contributed by atoms with E-state index in [1.165, 1.54) is 0 Å². The zero-order chi connectivity index (χ0) is 20.2. The Kier molecular flexibility index (Phi) is 21.3. The Bertz CT molecular complexity index is 247. The monoisotopic (exact) mass is 428 g/mol. The fourth-order valence-corrected chi connectivity index (χ4v) is 1.14. The number of hydrogen-bond donors (Lipinski definition) is 0. The van der Waals surface area contributed by atoms with Crippen LogP contribution in [-0.4, -0.2) is 53.0 Å². The predicted molar refractivity (Wildman–Crippen MR) is 67.5 cm³/mol. The molecule has 0 saturated carbocycles. The van der Waals surface area contributed by atoms with Crippen LogP contribution in [0.5, 0.6) is 0 Å². The van der Waals surface area contributed by atoms with Gasteiger partial charge in [-0.2, -0.15) is 0 Å². The van der Waals surface area contributed by atoms with Gasteiger partial charge in [0.1, 0.15) is 0 Å². The number of hydrogen-bond acceptors (Lipinski definition) is 2. The molecule has 1 rings (SSSR count). The zero-order valence-corrected chi connectivity index (χ0v) is 16.4. The maximum atomic E-state index is 9.75. The quantitative estimate of drug-likeness (QED) is 0.359. The molecule has 0 aromatic rings. The van der Waals surface area contributed by atoms with E-state index in [0.29, 0.717) is 6.10 Å². The van der Waals surface area contributed by atoms with E-state index in [0.717, 1.165) is 25.9 Å². The van der Waals surface area contributed by atoms with Crippen LogP contribution in [0, 0.1) is 7.05 Å². The summed E-state index contributed by atoms with van der Waals surface area (Å²) in [6.45, 7) is 2.16. The Labute approximate surface area is 179 Å². The molecule has 25 heavy (non-hydrogen) atoms. The van der Waals surface area contributed by atoms with Crippen LogP contribution in [0.1, 0.15) is 12.8 Å². The first-order valence-corrected chi connectivity index (χ1v) is 6.03. The van der Waals surface area contributed by atoms with Gasteiger partial charge < -0.3 is 61.4 Å². The summed E-state index contributed by atoms with van der Waals surface area (Å²) in [5.74, 6) is 0. The molecule has 2 nitrogen and oxygen atoms in total. The number of nitrogens with zero attached hydrogens (tertiary/aromatic N) is 1. The van der Waals surface area contributed by atoms with Gasteiger partial charge in [-0.1, -0.05) is 0 Å². The third kappa shape index (κ3) is 78.4. The van der Waals surface area contributed by atoms with Crippen LogP contribution in [0.25, 0.3) is 0 Å². The molecule has 0 bridgehead atoms. The van der Waals surface area contributed by atoms with Gasteiger partial charge in [-0.15, -0.1) is 0 Å². The predicted octanol–water partition coefficient (Wildman–Crippen LogP) is 1.79. The van der Waals surface area contributed by atoms with Crippen LogP contribution >= 0.6 is 0 Å². The van der Waals surface area contributed by atoms with Crippen molar-refractivity contribution in [1.82, 2.24) is 4.90 Å². The summed E-state index contributed by atoms with van der Waals surface area (Å²) in [7, 11) is -12.4. The van der Waals surface area contributed by atoms with Crippen molar-refractivity contribution in [3.63, 3.8) is 0 Å². The molecule has 0 aliphatic carbocycles. The second-order valence-corrected chi connectivity index (χ2v) is 4.04. The Morgan fingerprint density at radius 1 is 0.720 bits per heavy atom. The Hall–Kier alpha value is 0.911. The van der Waals surface area contributed by atoms with Crippen molar-refractivity contribution < 1.29 is 108 Å². The summed E-state index contributed by atoms with van der Waals surface area (Å²) in [6, 6.07) is 0. The summed E-state index contributed by atoms with van der Waals surface area (Å²) < 4.78 is 122. The molecule has 0 spiro atoms. The summed E-state index contributed by atoms with van der Waals surface area (Å²) in [6.07, 6.45) is 2.77.